The average molecular weight is 214 g/mol. The Morgan fingerprint density at radius 3 is 2.71 bits per heavy atom. The van der Waals surface area contributed by atoms with Crippen LogP contribution in [0.2, 0.25) is 0 Å². The fourth-order valence-electron chi connectivity index (χ4n) is 0.750. The lowest BCUT2D eigenvalue weighted by Crippen LogP contribution is -2.22. The van der Waals surface area contributed by atoms with Crippen LogP contribution in [0.1, 0.15) is 16.6 Å². The van der Waals surface area contributed by atoms with Crippen LogP contribution < -0.4 is 4.90 Å². The van der Waals surface area contributed by atoms with Gasteiger partial charge < -0.3 is 4.74 Å². The van der Waals surface area contributed by atoms with E-state index in [1.54, 1.807) is 7.05 Å². The van der Waals surface area contributed by atoms with Crippen molar-refractivity contribution in [3.05, 3.63) is 11.1 Å². The van der Waals surface area contributed by atoms with Gasteiger partial charge in [0.2, 0.25) is 5.91 Å². The van der Waals surface area contributed by atoms with Gasteiger partial charge in [-0.3, -0.25) is 9.69 Å². The van der Waals surface area contributed by atoms with Gasteiger partial charge in [-0.05, 0) is 0 Å². The molecule has 0 saturated heterocycles. The van der Waals surface area contributed by atoms with E-state index in [4.69, 9.17) is 0 Å². The van der Waals surface area contributed by atoms with Gasteiger partial charge in [0, 0.05) is 14.0 Å². The van der Waals surface area contributed by atoms with E-state index >= 15 is 0 Å². The Morgan fingerprint density at radius 1 is 1.57 bits per heavy atom. The Labute approximate surface area is 85.3 Å². The number of nitrogens with zero attached hydrogens (tertiary/aromatic N) is 2. The lowest BCUT2D eigenvalue weighted by atomic mass is 10.6. The molecule has 1 aromatic rings. The second-order valence-electron chi connectivity index (χ2n) is 2.58. The molecular weight excluding hydrogens is 204 g/mol. The highest BCUT2D eigenvalue weighted by atomic mass is 32.1. The van der Waals surface area contributed by atoms with Gasteiger partial charge in [-0.1, -0.05) is 11.3 Å². The number of methoxy groups -OCH3 is 1. The molecule has 5 nitrogen and oxygen atoms in total. The van der Waals surface area contributed by atoms with Crippen LogP contribution in [0.15, 0.2) is 6.20 Å². The highest BCUT2D eigenvalue weighted by Crippen LogP contribution is 2.21. The lowest BCUT2D eigenvalue weighted by Gasteiger charge is -2.09. The summed E-state index contributed by atoms with van der Waals surface area (Å²) in [6.07, 6.45) is 1.39. The third kappa shape index (κ3) is 2.08. The second kappa shape index (κ2) is 4.19. The molecule has 1 amide bonds. The summed E-state index contributed by atoms with van der Waals surface area (Å²) in [5.41, 5.74) is 0. The molecule has 0 aliphatic heterocycles. The van der Waals surface area contributed by atoms with Gasteiger partial charge in [0.25, 0.3) is 0 Å². The maximum atomic E-state index is 11.1. The maximum Gasteiger partial charge on any atom is 0.349 e. The Hall–Kier alpha value is -1.43. The van der Waals surface area contributed by atoms with Crippen molar-refractivity contribution < 1.29 is 14.3 Å². The maximum absolute atomic E-state index is 11.1. The van der Waals surface area contributed by atoms with Crippen LogP contribution in [0.4, 0.5) is 5.13 Å². The minimum absolute atomic E-state index is 0.129. The van der Waals surface area contributed by atoms with Crippen molar-refractivity contribution >= 4 is 28.3 Å². The number of carbonyl (C=O) groups is 2. The van der Waals surface area contributed by atoms with Gasteiger partial charge >= 0.3 is 5.97 Å². The van der Waals surface area contributed by atoms with Crippen LogP contribution in [0.5, 0.6) is 0 Å². The average Bonchev–Trinajstić information content (AvgIpc) is 2.64. The van der Waals surface area contributed by atoms with Crippen LogP contribution >= 0.6 is 11.3 Å². The first-order chi connectivity index (χ1) is 6.56. The Bertz CT molecular complexity index is 361. The number of hydrogen-bond donors (Lipinski definition) is 0. The van der Waals surface area contributed by atoms with E-state index < -0.39 is 5.97 Å². The molecule has 0 bridgehead atoms. The summed E-state index contributed by atoms with van der Waals surface area (Å²) >= 11 is 1.12. The number of thiazole rings is 1. The van der Waals surface area contributed by atoms with Crippen molar-refractivity contribution in [3.8, 4) is 0 Å². The second-order valence-corrected chi connectivity index (χ2v) is 3.59. The summed E-state index contributed by atoms with van der Waals surface area (Å²) < 4.78 is 4.52. The largest absolute Gasteiger partial charge is 0.465 e. The summed E-state index contributed by atoms with van der Waals surface area (Å²) in [7, 11) is 2.90. The molecule has 0 aromatic carbocycles. The number of ether oxygens (including phenoxy) is 1. The number of aromatic nitrogens is 1. The van der Waals surface area contributed by atoms with Gasteiger partial charge in [-0.2, -0.15) is 0 Å². The van der Waals surface area contributed by atoms with Gasteiger partial charge in [-0.15, -0.1) is 0 Å². The van der Waals surface area contributed by atoms with Crippen molar-refractivity contribution in [2.24, 2.45) is 0 Å². The van der Waals surface area contributed by atoms with E-state index in [1.807, 2.05) is 0 Å². The normalized spacial score (nSPS) is 9.64. The number of amides is 1. The number of carbonyl (C=O) groups excluding carboxylic acids is 2. The number of anilines is 1. The Kier molecular flexibility index (Phi) is 3.19. The quantitative estimate of drug-likeness (QED) is 0.687. The highest BCUT2D eigenvalue weighted by Gasteiger charge is 2.14. The molecule has 0 fully saturated rings. The van der Waals surface area contributed by atoms with Crippen LogP contribution in [-0.4, -0.2) is 31.0 Å². The molecule has 0 atom stereocenters. The third-order valence-corrected chi connectivity index (χ3v) is 2.69. The SMILES string of the molecule is COC(=O)c1cnc(N(C)C(C)=O)s1. The van der Waals surface area contributed by atoms with Crippen molar-refractivity contribution in [1.82, 2.24) is 4.98 Å². The molecule has 0 unspecified atom stereocenters. The minimum atomic E-state index is -0.439. The summed E-state index contributed by atoms with van der Waals surface area (Å²) in [5, 5.41) is 0.484. The molecule has 0 N–H and O–H groups in total. The molecule has 6 heteroatoms. The summed E-state index contributed by atoms with van der Waals surface area (Å²) in [6, 6.07) is 0. The van der Waals surface area contributed by atoms with E-state index in [-0.39, 0.29) is 5.91 Å². The third-order valence-electron chi connectivity index (χ3n) is 1.64. The van der Waals surface area contributed by atoms with Gasteiger partial charge in [0.05, 0.1) is 13.3 Å². The number of esters is 1. The predicted octanol–water partition coefficient (Wildman–Crippen LogP) is 0.912. The van der Waals surface area contributed by atoms with E-state index in [0.29, 0.717) is 10.0 Å². The molecule has 14 heavy (non-hydrogen) atoms. The van der Waals surface area contributed by atoms with Crippen LogP contribution in [0, 0.1) is 0 Å². The summed E-state index contributed by atoms with van der Waals surface area (Å²) in [6.45, 7) is 1.43. The van der Waals surface area contributed by atoms with Gasteiger partial charge in [0.15, 0.2) is 5.13 Å². The molecule has 1 heterocycles. The standard InChI is InChI=1S/C8H10N2O3S/c1-5(11)10(2)8-9-4-6(14-8)7(12)13-3/h4H,1-3H3. The first-order valence-corrected chi connectivity index (χ1v) is 4.66. The molecule has 76 valence electrons. The highest BCUT2D eigenvalue weighted by molar-refractivity contribution is 7.17. The first kappa shape index (κ1) is 10.6. The van der Waals surface area contributed by atoms with Crippen molar-refractivity contribution in [2.75, 3.05) is 19.1 Å². The van der Waals surface area contributed by atoms with Crippen molar-refractivity contribution in [2.45, 2.75) is 6.92 Å². The molecule has 0 aliphatic carbocycles. The lowest BCUT2D eigenvalue weighted by molar-refractivity contribution is -0.116. The van der Waals surface area contributed by atoms with Crippen molar-refractivity contribution in [3.63, 3.8) is 0 Å². The smallest absolute Gasteiger partial charge is 0.349 e. The number of hydrogen-bond acceptors (Lipinski definition) is 5. The monoisotopic (exact) mass is 214 g/mol. The zero-order valence-electron chi connectivity index (χ0n) is 8.10. The summed E-state index contributed by atoms with van der Waals surface area (Å²) in [4.78, 5) is 27.7. The minimum Gasteiger partial charge on any atom is -0.465 e. The van der Waals surface area contributed by atoms with Gasteiger partial charge in [0.1, 0.15) is 4.88 Å². The Morgan fingerprint density at radius 2 is 2.21 bits per heavy atom. The molecule has 0 aliphatic rings. The molecular formula is C8H10N2O3S. The van der Waals surface area contributed by atoms with Crippen LogP contribution in [0.25, 0.3) is 0 Å². The molecule has 1 aromatic heterocycles. The molecule has 0 saturated carbocycles. The van der Waals surface area contributed by atoms with Crippen molar-refractivity contribution in [1.29, 1.82) is 0 Å². The van der Waals surface area contributed by atoms with Crippen LogP contribution in [0.3, 0.4) is 0 Å². The molecule has 0 spiro atoms. The zero-order valence-corrected chi connectivity index (χ0v) is 8.92. The summed E-state index contributed by atoms with van der Waals surface area (Å²) in [5.74, 6) is -0.568. The number of rotatable bonds is 2. The van der Waals surface area contributed by atoms with E-state index in [2.05, 4.69) is 9.72 Å². The topological polar surface area (TPSA) is 59.5 Å². The van der Waals surface area contributed by atoms with E-state index in [0.717, 1.165) is 11.3 Å². The predicted molar refractivity (Wildman–Crippen MR) is 52.5 cm³/mol. The van der Waals surface area contributed by atoms with E-state index in [1.165, 1.54) is 25.1 Å². The first-order valence-electron chi connectivity index (χ1n) is 3.84. The Balaban J connectivity index is 2.88. The van der Waals surface area contributed by atoms with E-state index in [9.17, 15) is 9.59 Å². The zero-order chi connectivity index (χ0) is 10.7. The van der Waals surface area contributed by atoms with Crippen LogP contribution in [-0.2, 0) is 9.53 Å². The molecule has 1 rings (SSSR count). The fourth-order valence-corrected chi connectivity index (χ4v) is 1.59. The molecule has 0 radical (unpaired) electrons. The van der Waals surface area contributed by atoms with Gasteiger partial charge in [-0.25, -0.2) is 9.78 Å². The fraction of sp³-hybridized carbons (Fsp3) is 0.375.